The second kappa shape index (κ2) is 1.74. The SMILES string of the molecule is O=S1(=O)NCCC12CCC2. The van der Waals surface area contributed by atoms with E-state index in [4.69, 9.17) is 0 Å². The van der Waals surface area contributed by atoms with Crippen LogP contribution in [0.4, 0.5) is 0 Å². The summed E-state index contributed by atoms with van der Waals surface area (Å²) in [4.78, 5) is 0. The van der Waals surface area contributed by atoms with Gasteiger partial charge in [-0.15, -0.1) is 0 Å². The lowest BCUT2D eigenvalue weighted by Gasteiger charge is -2.35. The molecule has 3 nitrogen and oxygen atoms in total. The molecule has 0 radical (unpaired) electrons. The van der Waals surface area contributed by atoms with Gasteiger partial charge in [0.2, 0.25) is 10.0 Å². The van der Waals surface area contributed by atoms with Gasteiger partial charge in [-0.05, 0) is 19.3 Å². The highest BCUT2D eigenvalue weighted by Crippen LogP contribution is 2.43. The molecule has 0 bridgehead atoms. The van der Waals surface area contributed by atoms with Crippen LogP contribution in [0, 0.1) is 0 Å². The van der Waals surface area contributed by atoms with Gasteiger partial charge in [-0.1, -0.05) is 6.42 Å². The molecule has 1 heterocycles. The Labute approximate surface area is 60.9 Å². The summed E-state index contributed by atoms with van der Waals surface area (Å²) in [5.41, 5.74) is 0. The molecule has 1 N–H and O–H groups in total. The first-order chi connectivity index (χ1) is 4.66. The predicted molar refractivity (Wildman–Crippen MR) is 38.1 cm³/mol. The normalized spacial score (nSPS) is 34.0. The number of hydrogen-bond donors (Lipinski definition) is 1. The van der Waals surface area contributed by atoms with Crippen molar-refractivity contribution < 1.29 is 8.42 Å². The van der Waals surface area contributed by atoms with Gasteiger partial charge in [0.15, 0.2) is 0 Å². The first kappa shape index (κ1) is 6.61. The minimum atomic E-state index is -2.90. The molecule has 1 aliphatic heterocycles. The summed E-state index contributed by atoms with van der Waals surface area (Å²) < 4.78 is 24.7. The van der Waals surface area contributed by atoms with Gasteiger partial charge in [0, 0.05) is 6.54 Å². The Kier molecular flexibility index (Phi) is 1.15. The van der Waals surface area contributed by atoms with Crippen molar-refractivity contribution in [1.82, 2.24) is 4.72 Å². The van der Waals surface area contributed by atoms with Crippen molar-refractivity contribution >= 4 is 10.0 Å². The minimum absolute atomic E-state index is 0.326. The van der Waals surface area contributed by atoms with Crippen molar-refractivity contribution in [3.05, 3.63) is 0 Å². The Hall–Kier alpha value is -0.0900. The van der Waals surface area contributed by atoms with E-state index >= 15 is 0 Å². The van der Waals surface area contributed by atoms with E-state index in [9.17, 15) is 8.42 Å². The smallest absolute Gasteiger partial charge is 0.215 e. The van der Waals surface area contributed by atoms with Crippen LogP contribution in [-0.2, 0) is 10.0 Å². The molecule has 2 fully saturated rings. The van der Waals surface area contributed by atoms with Gasteiger partial charge in [-0.25, -0.2) is 13.1 Å². The van der Waals surface area contributed by atoms with Gasteiger partial charge in [0.05, 0.1) is 4.75 Å². The summed E-state index contributed by atoms with van der Waals surface area (Å²) in [5, 5.41) is 0. The largest absolute Gasteiger partial charge is 0.217 e. The third-order valence-corrected chi connectivity index (χ3v) is 5.04. The van der Waals surface area contributed by atoms with Gasteiger partial charge in [0.1, 0.15) is 0 Å². The average molecular weight is 161 g/mol. The van der Waals surface area contributed by atoms with E-state index in [-0.39, 0.29) is 4.75 Å². The van der Waals surface area contributed by atoms with Crippen LogP contribution < -0.4 is 4.72 Å². The zero-order valence-corrected chi connectivity index (χ0v) is 6.58. The highest BCUT2D eigenvalue weighted by atomic mass is 32.2. The third-order valence-electron chi connectivity index (χ3n) is 2.71. The van der Waals surface area contributed by atoms with E-state index in [0.29, 0.717) is 6.54 Å². The summed E-state index contributed by atoms with van der Waals surface area (Å²) in [5.74, 6) is 0. The number of nitrogens with one attached hydrogen (secondary N) is 1. The molecule has 1 spiro atoms. The van der Waals surface area contributed by atoms with E-state index in [1.165, 1.54) is 0 Å². The van der Waals surface area contributed by atoms with Crippen molar-refractivity contribution in [2.24, 2.45) is 0 Å². The summed E-state index contributed by atoms with van der Waals surface area (Å²) in [6.07, 6.45) is 3.67. The Morgan fingerprint density at radius 2 is 1.90 bits per heavy atom. The lowest BCUT2D eigenvalue weighted by atomic mass is 9.82. The molecule has 0 amide bonds. The van der Waals surface area contributed by atoms with Gasteiger partial charge in [-0.3, -0.25) is 0 Å². The third kappa shape index (κ3) is 0.609. The van der Waals surface area contributed by atoms with Crippen LogP contribution >= 0.6 is 0 Å². The van der Waals surface area contributed by atoms with Crippen molar-refractivity contribution in [2.75, 3.05) is 6.54 Å². The Morgan fingerprint density at radius 3 is 2.10 bits per heavy atom. The number of hydrogen-bond acceptors (Lipinski definition) is 2. The Morgan fingerprint density at radius 1 is 1.20 bits per heavy atom. The molecule has 0 unspecified atom stereocenters. The van der Waals surface area contributed by atoms with E-state index in [2.05, 4.69) is 4.72 Å². The summed E-state index contributed by atoms with van der Waals surface area (Å²) in [7, 11) is -2.90. The monoisotopic (exact) mass is 161 g/mol. The summed E-state index contributed by atoms with van der Waals surface area (Å²) in [6, 6.07) is 0. The number of sulfonamides is 1. The molecule has 0 aromatic carbocycles. The fourth-order valence-electron chi connectivity index (χ4n) is 1.79. The van der Waals surface area contributed by atoms with E-state index in [1.807, 2.05) is 0 Å². The minimum Gasteiger partial charge on any atom is -0.215 e. The van der Waals surface area contributed by atoms with E-state index < -0.39 is 10.0 Å². The Balaban J connectivity index is 2.37. The molecule has 0 aromatic rings. The zero-order valence-electron chi connectivity index (χ0n) is 5.76. The molecule has 58 valence electrons. The van der Waals surface area contributed by atoms with E-state index in [0.717, 1.165) is 25.7 Å². The highest BCUT2D eigenvalue weighted by molar-refractivity contribution is 7.91. The predicted octanol–water partition coefficient (Wildman–Crippen LogP) is 0.232. The second-order valence-corrected chi connectivity index (χ2v) is 5.35. The van der Waals surface area contributed by atoms with Gasteiger partial charge in [-0.2, -0.15) is 0 Å². The fourth-order valence-corrected chi connectivity index (χ4v) is 3.66. The van der Waals surface area contributed by atoms with Crippen molar-refractivity contribution in [1.29, 1.82) is 0 Å². The fraction of sp³-hybridized carbons (Fsp3) is 1.00. The average Bonchev–Trinajstić information content (AvgIpc) is 2.02. The molecular weight excluding hydrogens is 150 g/mol. The molecule has 0 atom stereocenters. The second-order valence-electron chi connectivity index (χ2n) is 3.18. The molecule has 1 saturated carbocycles. The van der Waals surface area contributed by atoms with Crippen LogP contribution in [-0.4, -0.2) is 19.7 Å². The van der Waals surface area contributed by atoms with Crippen LogP contribution in [0.15, 0.2) is 0 Å². The molecule has 0 aromatic heterocycles. The van der Waals surface area contributed by atoms with Gasteiger partial charge in [0.25, 0.3) is 0 Å². The van der Waals surface area contributed by atoms with Crippen LogP contribution in [0.2, 0.25) is 0 Å². The molecule has 2 rings (SSSR count). The van der Waals surface area contributed by atoms with Crippen molar-refractivity contribution in [3.63, 3.8) is 0 Å². The van der Waals surface area contributed by atoms with E-state index in [1.54, 1.807) is 0 Å². The topological polar surface area (TPSA) is 46.2 Å². The highest BCUT2D eigenvalue weighted by Gasteiger charge is 2.51. The maximum Gasteiger partial charge on any atom is 0.217 e. The number of rotatable bonds is 0. The molecule has 4 heteroatoms. The Bertz CT molecular complexity index is 240. The van der Waals surface area contributed by atoms with Crippen LogP contribution in [0.5, 0.6) is 0 Å². The van der Waals surface area contributed by atoms with Gasteiger partial charge < -0.3 is 0 Å². The maximum atomic E-state index is 11.3. The standard InChI is InChI=1S/C6H11NO2S/c8-10(9)6(2-1-3-6)4-5-7-10/h7H,1-5H2. The van der Waals surface area contributed by atoms with Gasteiger partial charge >= 0.3 is 0 Å². The quantitative estimate of drug-likeness (QED) is 0.553. The summed E-state index contributed by atoms with van der Waals surface area (Å²) in [6.45, 7) is 0.655. The maximum absolute atomic E-state index is 11.3. The van der Waals surface area contributed by atoms with Crippen LogP contribution in [0.25, 0.3) is 0 Å². The molecule has 10 heavy (non-hydrogen) atoms. The zero-order chi connectivity index (χ0) is 7.24. The van der Waals surface area contributed by atoms with Crippen molar-refractivity contribution in [2.45, 2.75) is 30.4 Å². The first-order valence-electron chi connectivity index (χ1n) is 3.66. The molecular formula is C6H11NO2S. The van der Waals surface area contributed by atoms with Crippen molar-refractivity contribution in [3.8, 4) is 0 Å². The molecule has 2 aliphatic rings. The lowest BCUT2D eigenvalue weighted by molar-refractivity contribution is 0.339. The van der Waals surface area contributed by atoms with Crippen LogP contribution in [0.3, 0.4) is 0 Å². The molecule has 1 saturated heterocycles. The van der Waals surface area contributed by atoms with Crippen LogP contribution in [0.1, 0.15) is 25.7 Å². The lowest BCUT2D eigenvalue weighted by Crippen LogP contribution is -2.43. The first-order valence-corrected chi connectivity index (χ1v) is 5.14. The molecule has 1 aliphatic carbocycles. The summed E-state index contributed by atoms with van der Waals surface area (Å²) >= 11 is 0.